The number of aromatic nitrogens is 1. The minimum absolute atomic E-state index is 0.00496. The summed E-state index contributed by atoms with van der Waals surface area (Å²) < 4.78 is 0. The van der Waals surface area contributed by atoms with Crippen LogP contribution < -0.4 is 10.6 Å². The molecule has 1 aromatic heterocycles. The molecule has 1 fully saturated rings. The summed E-state index contributed by atoms with van der Waals surface area (Å²) in [5.74, 6) is 0. The Bertz CT molecular complexity index is 335. The minimum atomic E-state index is 0.00496. The molecule has 2 rings (SSSR count). The summed E-state index contributed by atoms with van der Waals surface area (Å²) in [6.07, 6.45) is 3.49. The second-order valence-corrected chi connectivity index (χ2v) is 3.76. The predicted octanol–water partition coefficient (Wildman–Crippen LogP) is 0.196. The summed E-state index contributed by atoms with van der Waals surface area (Å²) in [7, 11) is 0. The van der Waals surface area contributed by atoms with Gasteiger partial charge in [-0.05, 0) is 11.6 Å². The van der Waals surface area contributed by atoms with Crippen LogP contribution in [-0.2, 0) is 6.54 Å². The van der Waals surface area contributed by atoms with E-state index in [9.17, 15) is 4.79 Å². The second-order valence-electron chi connectivity index (χ2n) is 3.76. The summed E-state index contributed by atoms with van der Waals surface area (Å²) in [5, 5.41) is 6.10. The third-order valence-electron chi connectivity index (χ3n) is 2.57. The maximum atomic E-state index is 11.7. The summed E-state index contributed by atoms with van der Waals surface area (Å²) in [5.41, 5.74) is 1.02. The smallest absolute Gasteiger partial charge is 0.317 e. The molecule has 0 aromatic carbocycles. The Labute approximate surface area is 94.9 Å². The van der Waals surface area contributed by atoms with Crippen molar-refractivity contribution in [1.29, 1.82) is 0 Å². The van der Waals surface area contributed by atoms with Crippen molar-refractivity contribution < 1.29 is 4.79 Å². The number of hydrogen-bond acceptors (Lipinski definition) is 3. The van der Waals surface area contributed by atoms with Crippen molar-refractivity contribution >= 4 is 6.03 Å². The van der Waals surface area contributed by atoms with Crippen LogP contribution in [0.2, 0.25) is 0 Å². The van der Waals surface area contributed by atoms with E-state index in [0.717, 1.165) is 31.7 Å². The predicted molar refractivity (Wildman–Crippen MR) is 60.9 cm³/mol. The normalized spacial score (nSPS) is 15.9. The fraction of sp³-hybridized carbons (Fsp3) is 0.455. The number of pyridine rings is 1. The SMILES string of the molecule is O=C(NCc1cccnc1)N1CCNCC1. The molecule has 1 aliphatic rings. The maximum Gasteiger partial charge on any atom is 0.317 e. The van der Waals surface area contributed by atoms with Gasteiger partial charge in [0, 0.05) is 45.1 Å². The Kier molecular flexibility index (Phi) is 3.71. The first kappa shape index (κ1) is 10.9. The highest BCUT2D eigenvalue weighted by Crippen LogP contribution is 1.97. The van der Waals surface area contributed by atoms with E-state index in [2.05, 4.69) is 15.6 Å². The van der Waals surface area contributed by atoms with Gasteiger partial charge in [-0.15, -0.1) is 0 Å². The average molecular weight is 220 g/mol. The van der Waals surface area contributed by atoms with E-state index in [1.54, 1.807) is 12.4 Å². The van der Waals surface area contributed by atoms with E-state index in [-0.39, 0.29) is 6.03 Å². The fourth-order valence-electron chi connectivity index (χ4n) is 1.66. The van der Waals surface area contributed by atoms with E-state index in [0.29, 0.717) is 6.54 Å². The Morgan fingerprint density at radius 3 is 3.00 bits per heavy atom. The number of carbonyl (C=O) groups is 1. The molecular weight excluding hydrogens is 204 g/mol. The molecule has 0 aliphatic carbocycles. The van der Waals surface area contributed by atoms with Gasteiger partial charge in [0.15, 0.2) is 0 Å². The van der Waals surface area contributed by atoms with Crippen LogP contribution in [0, 0.1) is 0 Å². The maximum absolute atomic E-state index is 11.7. The molecule has 0 spiro atoms. The standard InChI is InChI=1S/C11H16N4O/c16-11(15-6-4-12-5-7-15)14-9-10-2-1-3-13-8-10/h1-3,8,12H,4-7,9H2,(H,14,16). The van der Waals surface area contributed by atoms with Gasteiger partial charge >= 0.3 is 6.03 Å². The second kappa shape index (κ2) is 5.46. The van der Waals surface area contributed by atoms with Gasteiger partial charge in [-0.3, -0.25) is 4.98 Å². The Balaban J connectivity index is 1.79. The Morgan fingerprint density at radius 2 is 2.31 bits per heavy atom. The highest BCUT2D eigenvalue weighted by Gasteiger charge is 2.15. The number of nitrogens with zero attached hydrogens (tertiary/aromatic N) is 2. The van der Waals surface area contributed by atoms with Crippen molar-refractivity contribution in [2.75, 3.05) is 26.2 Å². The van der Waals surface area contributed by atoms with Gasteiger partial charge in [-0.2, -0.15) is 0 Å². The lowest BCUT2D eigenvalue weighted by atomic mass is 10.3. The van der Waals surface area contributed by atoms with Crippen molar-refractivity contribution in [1.82, 2.24) is 20.5 Å². The lowest BCUT2D eigenvalue weighted by Crippen LogP contribution is -2.50. The van der Waals surface area contributed by atoms with Crippen molar-refractivity contribution in [3.05, 3.63) is 30.1 Å². The molecule has 0 radical (unpaired) electrons. The molecule has 5 heteroatoms. The third-order valence-corrected chi connectivity index (χ3v) is 2.57. The lowest BCUT2D eigenvalue weighted by Gasteiger charge is -2.27. The van der Waals surface area contributed by atoms with E-state index < -0.39 is 0 Å². The highest BCUT2D eigenvalue weighted by molar-refractivity contribution is 5.74. The number of carbonyl (C=O) groups excluding carboxylic acids is 1. The largest absolute Gasteiger partial charge is 0.334 e. The average Bonchev–Trinajstić information content (AvgIpc) is 2.38. The number of rotatable bonds is 2. The Hall–Kier alpha value is -1.62. The summed E-state index contributed by atoms with van der Waals surface area (Å²) in [6.45, 7) is 3.84. The summed E-state index contributed by atoms with van der Waals surface area (Å²) >= 11 is 0. The molecule has 5 nitrogen and oxygen atoms in total. The number of nitrogens with one attached hydrogen (secondary N) is 2. The number of piperazine rings is 1. The zero-order valence-corrected chi connectivity index (χ0v) is 9.15. The molecule has 2 heterocycles. The zero-order chi connectivity index (χ0) is 11.2. The number of hydrogen-bond donors (Lipinski definition) is 2. The molecule has 0 unspecified atom stereocenters. The van der Waals surface area contributed by atoms with Gasteiger partial charge in [0.2, 0.25) is 0 Å². The third kappa shape index (κ3) is 2.93. The van der Waals surface area contributed by atoms with Gasteiger partial charge in [0.25, 0.3) is 0 Å². The van der Waals surface area contributed by atoms with Crippen molar-refractivity contribution in [2.24, 2.45) is 0 Å². The van der Waals surface area contributed by atoms with E-state index in [1.165, 1.54) is 0 Å². The van der Waals surface area contributed by atoms with Gasteiger partial charge < -0.3 is 15.5 Å². The summed E-state index contributed by atoms with van der Waals surface area (Å²) in [6, 6.07) is 3.82. The fourth-order valence-corrected chi connectivity index (χ4v) is 1.66. The van der Waals surface area contributed by atoms with Crippen molar-refractivity contribution in [2.45, 2.75) is 6.54 Å². The first-order chi connectivity index (χ1) is 7.86. The van der Waals surface area contributed by atoms with Gasteiger partial charge in [-0.25, -0.2) is 4.79 Å². The molecule has 86 valence electrons. The van der Waals surface area contributed by atoms with E-state index in [1.807, 2.05) is 17.0 Å². The first-order valence-electron chi connectivity index (χ1n) is 5.48. The molecule has 0 atom stereocenters. The zero-order valence-electron chi connectivity index (χ0n) is 9.15. The molecule has 1 aromatic rings. The van der Waals surface area contributed by atoms with Crippen molar-refractivity contribution in [3.63, 3.8) is 0 Å². The lowest BCUT2D eigenvalue weighted by molar-refractivity contribution is 0.189. The molecule has 1 aliphatic heterocycles. The number of amides is 2. The monoisotopic (exact) mass is 220 g/mol. The Morgan fingerprint density at radius 1 is 1.50 bits per heavy atom. The van der Waals surface area contributed by atoms with Gasteiger partial charge in [0.05, 0.1) is 0 Å². The summed E-state index contributed by atoms with van der Waals surface area (Å²) in [4.78, 5) is 17.6. The van der Waals surface area contributed by atoms with E-state index >= 15 is 0 Å². The molecule has 2 amide bonds. The number of urea groups is 1. The molecular formula is C11H16N4O. The van der Waals surface area contributed by atoms with Crippen LogP contribution >= 0.6 is 0 Å². The van der Waals surface area contributed by atoms with Crippen LogP contribution in [0.15, 0.2) is 24.5 Å². The molecule has 0 saturated carbocycles. The van der Waals surface area contributed by atoms with Crippen LogP contribution in [0.3, 0.4) is 0 Å². The van der Waals surface area contributed by atoms with Crippen LogP contribution in [0.25, 0.3) is 0 Å². The van der Waals surface area contributed by atoms with Crippen LogP contribution in [0.5, 0.6) is 0 Å². The topological polar surface area (TPSA) is 57.3 Å². The first-order valence-corrected chi connectivity index (χ1v) is 5.48. The molecule has 1 saturated heterocycles. The van der Waals surface area contributed by atoms with Crippen LogP contribution in [0.4, 0.5) is 4.79 Å². The molecule has 16 heavy (non-hydrogen) atoms. The quantitative estimate of drug-likeness (QED) is 0.748. The van der Waals surface area contributed by atoms with Gasteiger partial charge in [-0.1, -0.05) is 6.07 Å². The van der Waals surface area contributed by atoms with Gasteiger partial charge in [0.1, 0.15) is 0 Å². The minimum Gasteiger partial charge on any atom is -0.334 e. The van der Waals surface area contributed by atoms with E-state index in [4.69, 9.17) is 0 Å². The molecule has 2 N–H and O–H groups in total. The molecule has 0 bridgehead atoms. The highest BCUT2D eigenvalue weighted by atomic mass is 16.2. The van der Waals surface area contributed by atoms with Crippen LogP contribution in [-0.4, -0.2) is 42.1 Å². The van der Waals surface area contributed by atoms with Crippen molar-refractivity contribution in [3.8, 4) is 0 Å². The van der Waals surface area contributed by atoms with Crippen LogP contribution in [0.1, 0.15) is 5.56 Å².